The predicted octanol–water partition coefficient (Wildman–Crippen LogP) is 1.25. The molecule has 3 nitrogen and oxygen atoms in total. The minimum absolute atomic E-state index is 0.0454. The van der Waals surface area contributed by atoms with Gasteiger partial charge in [-0.2, -0.15) is 0 Å². The van der Waals surface area contributed by atoms with Crippen LogP contribution in [0.2, 0.25) is 5.31 Å². The van der Waals surface area contributed by atoms with Crippen LogP contribution in [0.15, 0.2) is 0 Å². The molecule has 1 rings (SSSR count). The number of hydrogen-bond donors (Lipinski definition) is 0. The number of hydrogen-bond acceptors (Lipinski definition) is 3. The van der Waals surface area contributed by atoms with Crippen LogP contribution >= 0.6 is 0 Å². The molecule has 0 aliphatic carbocycles. The SMILES string of the molecule is CC(C)(C)B1OCOCO1. The fourth-order valence-electron chi connectivity index (χ4n) is 0.802. The summed E-state index contributed by atoms with van der Waals surface area (Å²) in [5.74, 6) is 0. The van der Waals surface area contributed by atoms with E-state index in [1.165, 1.54) is 0 Å². The molecular formula is C6H13BO3. The van der Waals surface area contributed by atoms with Crippen LogP contribution in [0.25, 0.3) is 0 Å². The van der Waals surface area contributed by atoms with E-state index in [4.69, 9.17) is 14.0 Å². The molecule has 0 atom stereocenters. The van der Waals surface area contributed by atoms with Crippen LogP contribution < -0.4 is 0 Å². The van der Waals surface area contributed by atoms with Gasteiger partial charge in [-0.3, -0.25) is 0 Å². The van der Waals surface area contributed by atoms with E-state index in [9.17, 15) is 0 Å². The van der Waals surface area contributed by atoms with Crippen molar-refractivity contribution in [2.75, 3.05) is 13.6 Å². The lowest BCUT2D eigenvalue weighted by Gasteiger charge is -2.29. The summed E-state index contributed by atoms with van der Waals surface area (Å²) in [5.41, 5.74) is 0. The first-order chi connectivity index (χ1) is 4.61. The third-order valence-electron chi connectivity index (χ3n) is 1.31. The summed E-state index contributed by atoms with van der Waals surface area (Å²) < 4.78 is 15.2. The summed E-state index contributed by atoms with van der Waals surface area (Å²) in [6, 6.07) is 0. The molecule has 10 heavy (non-hydrogen) atoms. The zero-order valence-corrected chi connectivity index (χ0v) is 6.72. The van der Waals surface area contributed by atoms with Gasteiger partial charge >= 0.3 is 7.12 Å². The highest BCUT2D eigenvalue weighted by Crippen LogP contribution is 2.29. The quantitative estimate of drug-likeness (QED) is 0.479. The van der Waals surface area contributed by atoms with Gasteiger partial charge in [0.1, 0.15) is 13.6 Å². The van der Waals surface area contributed by atoms with E-state index in [2.05, 4.69) is 20.8 Å². The lowest BCUT2D eigenvalue weighted by Crippen LogP contribution is -2.38. The fourth-order valence-corrected chi connectivity index (χ4v) is 0.802. The number of ether oxygens (including phenoxy) is 1. The Kier molecular flexibility index (Phi) is 2.34. The van der Waals surface area contributed by atoms with Gasteiger partial charge in [-0.25, -0.2) is 0 Å². The van der Waals surface area contributed by atoms with Crippen LogP contribution in [0.3, 0.4) is 0 Å². The molecule has 58 valence electrons. The second kappa shape index (κ2) is 2.90. The van der Waals surface area contributed by atoms with Gasteiger partial charge in [0, 0.05) is 0 Å². The van der Waals surface area contributed by atoms with Crippen molar-refractivity contribution >= 4 is 7.12 Å². The molecule has 1 saturated heterocycles. The monoisotopic (exact) mass is 144 g/mol. The van der Waals surface area contributed by atoms with Crippen LogP contribution in [0.1, 0.15) is 20.8 Å². The normalized spacial score (nSPS) is 21.3. The smallest absolute Gasteiger partial charge is 0.387 e. The molecule has 0 saturated carbocycles. The Morgan fingerprint density at radius 2 is 1.60 bits per heavy atom. The Bertz CT molecular complexity index is 104. The highest BCUT2D eigenvalue weighted by atomic mass is 16.8. The largest absolute Gasteiger partial charge is 0.466 e. The Morgan fingerprint density at radius 1 is 1.10 bits per heavy atom. The third kappa shape index (κ3) is 1.97. The maximum atomic E-state index is 5.20. The standard InChI is InChI=1S/C6H13BO3/c1-6(2,3)7-9-4-8-5-10-7/h4-5H2,1-3H3. The molecule has 0 N–H and O–H groups in total. The molecule has 0 aromatic carbocycles. The summed E-state index contributed by atoms with van der Waals surface area (Å²) in [4.78, 5) is 0. The molecule has 0 aromatic rings. The van der Waals surface area contributed by atoms with Crippen molar-refractivity contribution in [3.63, 3.8) is 0 Å². The summed E-state index contributed by atoms with van der Waals surface area (Å²) in [5, 5.41) is 0.0454. The molecule has 0 spiro atoms. The van der Waals surface area contributed by atoms with Gasteiger partial charge in [-0.1, -0.05) is 20.8 Å². The average Bonchev–Trinajstić information content (AvgIpc) is 1.88. The average molecular weight is 144 g/mol. The Labute approximate surface area is 61.8 Å². The van der Waals surface area contributed by atoms with Crippen LogP contribution in [-0.4, -0.2) is 20.7 Å². The minimum atomic E-state index is -0.124. The molecule has 1 aliphatic heterocycles. The lowest BCUT2D eigenvalue weighted by molar-refractivity contribution is -0.118. The molecule has 0 aromatic heterocycles. The molecule has 4 heteroatoms. The van der Waals surface area contributed by atoms with Gasteiger partial charge in [0.25, 0.3) is 0 Å². The van der Waals surface area contributed by atoms with E-state index in [0.29, 0.717) is 13.6 Å². The van der Waals surface area contributed by atoms with Crippen molar-refractivity contribution in [2.45, 2.75) is 26.1 Å². The molecule has 0 unspecified atom stereocenters. The maximum absolute atomic E-state index is 5.20. The zero-order chi connectivity index (χ0) is 7.61. The highest BCUT2D eigenvalue weighted by Gasteiger charge is 2.35. The van der Waals surface area contributed by atoms with E-state index < -0.39 is 0 Å². The van der Waals surface area contributed by atoms with Crippen LogP contribution in [0, 0.1) is 0 Å². The van der Waals surface area contributed by atoms with Crippen molar-refractivity contribution in [3.8, 4) is 0 Å². The number of rotatable bonds is 0. The van der Waals surface area contributed by atoms with Crippen molar-refractivity contribution < 1.29 is 14.0 Å². The van der Waals surface area contributed by atoms with Gasteiger partial charge in [-0.05, 0) is 5.31 Å². The summed E-state index contributed by atoms with van der Waals surface area (Å²) in [7, 11) is -0.124. The predicted molar refractivity (Wildman–Crippen MR) is 38.5 cm³/mol. The second-order valence-corrected chi connectivity index (χ2v) is 3.47. The van der Waals surface area contributed by atoms with E-state index in [0.717, 1.165) is 0 Å². The summed E-state index contributed by atoms with van der Waals surface area (Å²) in [6.07, 6.45) is 0. The maximum Gasteiger partial charge on any atom is 0.466 e. The van der Waals surface area contributed by atoms with Gasteiger partial charge in [-0.15, -0.1) is 0 Å². The van der Waals surface area contributed by atoms with Crippen LogP contribution in [-0.2, 0) is 14.0 Å². The summed E-state index contributed by atoms with van der Waals surface area (Å²) >= 11 is 0. The zero-order valence-electron chi connectivity index (χ0n) is 6.72. The first-order valence-corrected chi connectivity index (χ1v) is 3.41. The lowest BCUT2D eigenvalue weighted by atomic mass is 9.61. The van der Waals surface area contributed by atoms with Gasteiger partial charge in [0.15, 0.2) is 0 Å². The fraction of sp³-hybridized carbons (Fsp3) is 1.00. The Balaban J connectivity index is 2.39. The van der Waals surface area contributed by atoms with Crippen molar-refractivity contribution in [1.82, 2.24) is 0 Å². The molecule has 0 bridgehead atoms. The molecule has 1 aliphatic rings. The van der Waals surface area contributed by atoms with Gasteiger partial charge < -0.3 is 14.0 Å². The third-order valence-corrected chi connectivity index (χ3v) is 1.31. The molecule has 1 fully saturated rings. The van der Waals surface area contributed by atoms with E-state index in [1.807, 2.05) is 0 Å². The molecule has 0 amide bonds. The molecule has 0 radical (unpaired) electrons. The van der Waals surface area contributed by atoms with Crippen LogP contribution in [0.4, 0.5) is 0 Å². The first kappa shape index (κ1) is 8.05. The van der Waals surface area contributed by atoms with Crippen molar-refractivity contribution in [1.29, 1.82) is 0 Å². The summed E-state index contributed by atoms with van der Waals surface area (Å²) in [6.45, 7) is 6.92. The Hall–Kier alpha value is -0.0551. The minimum Gasteiger partial charge on any atom is -0.387 e. The van der Waals surface area contributed by atoms with E-state index in [-0.39, 0.29) is 12.4 Å². The van der Waals surface area contributed by atoms with Gasteiger partial charge in [0.2, 0.25) is 0 Å². The van der Waals surface area contributed by atoms with Gasteiger partial charge in [0.05, 0.1) is 0 Å². The van der Waals surface area contributed by atoms with E-state index in [1.54, 1.807) is 0 Å². The van der Waals surface area contributed by atoms with Crippen molar-refractivity contribution in [2.24, 2.45) is 0 Å². The first-order valence-electron chi connectivity index (χ1n) is 3.41. The van der Waals surface area contributed by atoms with Crippen molar-refractivity contribution in [3.05, 3.63) is 0 Å². The molecule has 1 heterocycles. The molecular weight excluding hydrogens is 131 g/mol. The Morgan fingerprint density at radius 3 is 1.90 bits per heavy atom. The van der Waals surface area contributed by atoms with E-state index >= 15 is 0 Å². The topological polar surface area (TPSA) is 27.7 Å². The van der Waals surface area contributed by atoms with Crippen LogP contribution in [0.5, 0.6) is 0 Å². The highest BCUT2D eigenvalue weighted by molar-refractivity contribution is 6.48. The second-order valence-electron chi connectivity index (χ2n) is 3.47.